The van der Waals surface area contributed by atoms with Gasteiger partial charge in [-0.2, -0.15) is 0 Å². The van der Waals surface area contributed by atoms with Crippen molar-refractivity contribution in [3.05, 3.63) is 0 Å². The second kappa shape index (κ2) is 3.80. The number of carbonyl (C=O) groups excluding carboxylic acids is 1. The van der Waals surface area contributed by atoms with Crippen molar-refractivity contribution in [1.82, 2.24) is 0 Å². The van der Waals surface area contributed by atoms with E-state index in [-0.39, 0.29) is 0 Å². The number of aliphatic carboxylic acids is 1. The van der Waals surface area contributed by atoms with Gasteiger partial charge in [0.15, 0.2) is 0 Å². The van der Waals surface area contributed by atoms with Gasteiger partial charge in [0.1, 0.15) is 18.6 Å². The minimum atomic E-state index is -5.09. The molecule has 0 radical (unpaired) electrons. The third kappa shape index (κ3) is 5.96. The van der Waals surface area contributed by atoms with Crippen molar-refractivity contribution in [3.63, 3.8) is 0 Å². The van der Waals surface area contributed by atoms with E-state index in [1.54, 1.807) is 0 Å². The Morgan fingerprint density at radius 3 is 2.36 bits per heavy atom. The van der Waals surface area contributed by atoms with Crippen LogP contribution in [0.5, 0.6) is 0 Å². The van der Waals surface area contributed by atoms with Crippen molar-refractivity contribution >= 4 is 13.8 Å². The van der Waals surface area contributed by atoms with Gasteiger partial charge in [-0.05, 0) is 0 Å². The molecule has 0 aliphatic carbocycles. The fourth-order valence-corrected chi connectivity index (χ4v) is 0.612. The minimum Gasteiger partial charge on any atom is -0.790 e. The lowest BCUT2D eigenvalue weighted by Crippen LogP contribution is -2.70. The van der Waals surface area contributed by atoms with Crippen LogP contribution in [-0.4, -0.2) is 18.6 Å². The first-order valence-electron chi connectivity index (χ1n) is 2.53. The third-order valence-corrected chi connectivity index (χ3v) is 1.23. The number of carboxylic acid groups (broad SMARTS) is 1. The molecule has 0 heterocycles. The zero-order valence-electron chi connectivity index (χ0n) is 5.39. The normalized spacial score (nSPS) is 14.5. The average molecular weight is 183 g/mol. The van der Waals surface area contributed by atoms with E-state index in [0.29, 0.717) is 0 Å². The molecule has 0 saturated heterocycles. The van der Waals surface area contributed by atoms with Crippen LogP contribution in [0.25, 0.3) is 0 Å². The standard InChI is InChI=1S/C3H8NO6P/c4-2(3(5)6)1-10-11(7,8)9/h2H,1,4H2,(H,5,6)(H2,7,8,9)/p-2. The van der Waals surface area contributed by atoms with E-state index in [2.05, 4.69) is 10.3 Å². The monoisotopic (exact) mass is 183 g/mol. The topological polar surface area (TPSA) is 140 Å². The van der Waals surface area contributed by atoms with Crippen molar-refractivity contribution in [1.29, 1.82) is 0 Å². The molecule has 0 saturated carbocycles. The van der Waals surface area contributed by atoms with Gasteiger partial charge in [-0.25, -0.2) is 0 Å². The number of phosphoric ester groups is 1. The molecular weight excluding hydrogens is 177 g/mol. The molecule has 0 aliphatic rings. The second-order valence-corrected chi connectivity index (χ2v) is 2.91. The molecule has 0 aromatic carbocycles. The highest BCUT2D eigenvalue weighted by atomic mass is 31.2. The van der Waals surface area contributed by atoms with Crippen LogP contribution in [0.15, 0.2) is 0 Å². The Hall–Kier alpha value is -0.460. The molecule has 0 amide bonds. The average Bonchev–Trinajstić information content (AvgIpc) is 1.80. The molecule has 0 aromatic heterocycles. The number of phosphoric acid groups is 1. The molecule has 8 heteroatoms. The highest BCUT2D eigenvalue weighted by molar-refractivity contribution is 7.43. The Bertz CT molecular complexity index is 186. The number of rotatable bonds is 4. The highest BCUT2D eigenvalue weighted by Crippen LogP contribution is 2.23. The first kappa shape index (κ1) is 10.5. The fourth-order valence-electron chi connectivity index (χ4n) is 0.249. The number of carboxylic acids is 1. The van der Waals surface area contributed by atoms with Crippen molar-refractivity contribution < 1.29 is 34.5 Å². The zero-order valence-corrected chi connectivity index (χ0v) is 6.28. The molecule has 0 bridgehead atoms. The molecule has 11 heavy (non-hydrogen) atoms. The maximum absolute atomic E-state index is 9.87. The first-order valence-corrected chi connectivity index (χ1v) is 3.99. The quantitative estimate of drug-likeness (QED) is 0.433. The van der Waals surface area contributed by atoms with Gasteiger partial charge in [0.2, 0.25) is 0 Å². The predicted octanol–water partition coefficient (Wildman–Crippen LogP) is -4.81. The summed E-state index contributed by atoms with van der Waals surface area (Å²) in [5.41, 5.74) is 2.95. The van der Waals surface area contributed by atoms with Crippen molar-refractivity contribution in [2.75, 3.05) is 6.61 Å². The Kier molecular flexibility index (Phi) is 3.64. The summed E-state index contributed by atoms with van der Waals surface area (Å²) >= 11 is 0. The molecular formula is C3H6NO6P-2. The van der Waals surface area contributed by atoms with E-state index >= 15 is 0 Å². The van der Waals surface area contributed by atoms with Crippen LogP contribution in [0.1, 0.15) is 0 Å². The fraction of sp³-hybridized carbons (Fsp3) is 0.667. The molecule has 0 rings (SSSR count). The van der Waals surface area contributed by atoms with Crippen LogP contribution >= 0.6 is 7.82 Å². The lowest BCUT2D eigenvalue weighted by atomic mass is 10.3. The van der Waals surface area contributed by atoms with Crippen LogP contribution in [0.3, 0.4) is 0 Å². The SMILES string of the molecule is [NH3+]C(COP(=O)([O-])[O-])C(=O)[O-]. The van der Waals surface area contributed by atoms with Crippen LogP contribution in [-0.2, 0) is 13.9 Å². The van der Waals surface area contributed by atoms with E-state index < -0.39 is 26.4 Å². The summed E-state index contributed by atoms with van der Waals surface area (Å²) in [7, 11) is -5.09. The second-order valence-electron chi connectivity index (χ2n) is 1.76. The maximum Gasteiger partial charge on any atom is 0.148 e. The van der Waals surface area contributed by atoms with Crippen LogP contribution in [0.4, 0.5) is 0 Å². The Balaban J connectivity index is 3.72. The molecule has 66 valence electrons. The summed E-state index contributed by atoms with van der Waals surface area (Å²) in [5.74, 6) is -1.57. The number of hydrogen-bond donors (Lipinski definition) is 1. The molecule has 7 nitrogen and oxygen atoms in total. The smallest absolute Gasteiger partial charge is 0.148 e. The lowest BCUT2D eigenvalue weighted by Gasteiger charge is -2.29. The minimum absolute atomic E-state index is 0.785. The maximum atomic E-state index is 9.87. The van der Waals surface area contributed by atoms with Gasteiger partial charge in [0.05, 0.1) is 7.82 Å². The van der Waals surface area contributed by atoms with E-state index in [4.69, 9.17) is 0 Å². The Labute approximate surface area is 62.0 Å². The van der Waals surface area contributed by atoms with Gasteiger partial charge >= 0.3 is 0 Å². The number of hydrogen-bond acceptors (Lipinski definition) is 6. The number of quaternary nitrogens is 1. The first-order chi connectivity index (χ1) is 4.83. The van der Waals surface area contributed by atoms with Gasteiger partial charge in [0, 0.05) is 0 Å². The molecule has 0 aromatic rings. The summed E-state index contributed by atoms with van der Waals surface area (Å²) in [6.45, 7) is -0.785. The van der Waals surface area contributed by atoms with E-state index in [9.17, 15) is 24.3 Å². The van der Waals surface area contributed by atoms with Gasteiger partial charge in [-0.3, -0.25) is 0 Å². The summed E-state index contributed by atoms with van der Waals surface area (Å²) in [6, 6.07) is -1.36. The largest absolute Gasteiger partial charge is 0.790 e. The summed E-state index contributed by atoms with van der Waals surface area (Å²) < 4.78 is 13.4. The van der Waals surface area contributed by atoms with Crippen LogP contribution in [0.2, 0.25) is 0 Å². The lowest BCUT2D eigenvalue weighted by molar-refractivity contribution is -0.443. The summed E-state index contributed by atoms with van der Waals surface area (Å²) in [4.78, 5) is 29.4. The predicted molar refractivity (Wildman–Crippen MR) is 25.2 cm³/mol. The molecule has 0 aliphatic heterocycles. The van der Waals surface area contributed by atoms with Crippen molar-refractivity contribution in [2.24, 2.45) is 0 Å². The van der Waals surface area contributed by atoms with E-state index in [1.165, 1.54) is 0 Å². The van der Waals surface area contributed by atoms with Crippen molar-refractivity contribution in [3.8, 4) is 0 Å². The molecule has 3 N–H and O–H groups in total. The molecule has 1 atom stereocenters. The Morgan fingerprint density at radius 2 is 2.09 bits per heavy atom. The molecule has 0 spiro atoms. The van der Waals surface area contributed by atoms with Crippen molar-refractivity contribution in [2.45, 2.75) is 6.04 Å². The van der Waals surface area contributed by atoms with Gasteiger partial charge in [0.25, 0.3) is 0 Å². The number of carbonyl (C=O) groups is 1. The van der Waals surface area contributed by atoms with Gasteiger partial charge < -0.3 is 34.5 Å². The highest BCUT2D eigenvalue weighted by Gasteiger charge is 2.07. The van der Waals surface area contributed by atoms with Crippen LogP contribution < -0.4 is 20.6 Å². The summed E-state index contributed by atoms with van der Waals surface area (Å²) in [5, 5.41) is 9.87. The van der Waals surface area contributed by atoms with E-state index in [1.807, 2.05) is 0 Å². The van der Waals surface area contributed by atoms with Gasteiger partial charge in [-0.1, -0.05) is 0 Å². The molecule has 1 unspecified atom stereocenters. The van der Waals surface area contributed by atoms with Crippen LogP contribution in [0, 0.1) is 0 Å². The summed E-state index contributed by atoms with van der Waals surface area (Å²) in [6.07, 6.45) is 0. The Morgan fingerprint density at radius 1 is 1.64 bits per heavy atom. The third-order valence-electron chi connectivity index (χ3n) is 0.767. The van der Waals surface area contributed by atoms with E-state index in [0.717, 1.165) is 0 Å². The molecule has 0 fully saturated rings. The van der Waals surface area contributed by atoms with Gasteiger partial charge in [-0.15, -0.1) is 0 Å². The zero-order chi connectivity index (χ0) is 9.07.